The van der Waals surface area contributed by atoms with Crippen LogP contribution in [-0.2, 0) is 4.79 Å². The van der Waals surface area contributed by atoms with E-state index in [4.69, 9.17) is 0 Å². The summed E-state index contributed by atoms with van der Waals surface area (Å²) in [6, 6.07) is 0.316. The van der Waals surface area contributed by atoms with Gasteiger partial charge in [-0.3, -0.25) is 15.1 Å². The van der Waals surface area contributed by atoms with E-state index in [1.807, 2.05) is 0 Å². The molecule has 0 bridgehead atoms. The molecule has 0 saturated carbocycles. The number of likely N-dealkylation sites (tertiary alicyclic amines) is 1. The molecule has 0 spiro atoms. The maximum Gasteiger partial charge on any atom is 0.249 e. The number of hydrazine groups is 1. The van der Waals surface area contributed by atoms with Crippen LogP contribution in [-0.4, -0.2) is 41.3 Å². The summed E-state index contributed by atoms with van der Waals surface area (Å²) in [5, 5.41) is 0. The Balaban J connectivity index is 1.99. The Kier molecular flexibility index (Phi) is 2.86. The summed E-state index contributed by atoms with van der Waals surface area (Å²) in [4.78, 5) is 13.6. The van der Waals surface area contributed by atoms with Crippen LogP contribution in [0.25, 0.3) is 0 Å². The molecular formula is C8H14BrN3O. The van der Waals surface area contributed by atoms with Crippen LogP contribution < -0.4 is 10.9 Å². The van der Waals surface area contributed by atoms with Crippen molar-refractivity contribution in [2.45, 2.75) is 23.7 Å². The van der Waals surface area contributed by atoms with E-state index in [0.29, 0.717) is 6.04 Å². The van der Waals surface area contributed by atoms with Gasteiger partial charge in [-0.15, -0.1) is 0 Å². The number of nitrogens with zero attached hydrogens (tertiary/aromatic N) is 1. The van der Waals surface area contributed by atoms with E-state index >= 15 is 0 Å². The smallest absolute Gasteiger partial charge is 0.249 e. The van der Waals surface area contributed by atoms with Gasteiger partial charge < -0.3 is 0 Å². The zero-order valence-electron chi connectivity index (χ0n) is 7.42. The van der Waals surface area contributed by atoms with Crippen molar-refractivity contribution in [2.75, 3.05) is 19.6 Å². The van der Waals surface area contributed by atoms with Crippen molar-refractivity contribution < 1.29 is 4.79 Å². The second-order valence-electron chi connectivity index (χ2n) is 3.58. The van der Waals surface area contributed by atoms with Crippen LogP contribution >= 0.6 is 15.9 Å². The number of nitrogens with one attached hydrogen (secondary N) is 2. The molecule has 2 heterocycles. The first-order valence-electron chi connectivity index (χ1n) is 4.70. The topological polar surface area (TPSA) is 44.4 Å². The van der Waals surface area contributed by atoms with Crippen LogP contribution in [0.15, 0.2) is 0 Å². The standard InChI is InChI=1S/C8H14BrN3O/c9-7-6(5-10-11-8(7)13)12-3-1-2-4-12/h6-7,10H,1-5H2,(H,11,13). The lowest BCUT2D eigenvalue weighted by Crippen LogP contribution is -2.61. The summed E-state index contributed by atoms with van der Waals surface area (Å²) in [7, 11) is 0. The molecule has 0 aromatic carbocycles. The zero-order valence-corrected chi connectivity index (χ0v) is 9.01. The third kappa shape index (κ3) is 1.87. The van der Waals surface area contributed by atoms with E-state index in [1.165, 1.54) is 12.8 Å². The molecular weight excluding hydrogens is 234 g/mol. The lowest BCUT2D eigenvalue weighted by atomic mass is 10.1. The first-order valence-corrected chi connectivity index (χ1v) is 5.61. The van der Waals surface area contributed by atoms with Gasteiger partial charge in [-0.2, -0.15) is 0 Å². The van der Waals surface area contributed by atoms with Crippen molar-refractivity contribution in [3.63, 3.8) is 0 Å². The van der Waals surface area contributed by atoms with Gasteiger partial charge in [-0.05, 0) is 25.9 Å². The van der Waals surface area contributed by atoms with Gasteiger partial charge in [0.2, 0.25) is 5.91 Å². The fourth-order valence-electron chi connectivity index (χ4n) is 1.98. The third-order valence-electron chi connectivity index (χ3n) is 2.72. The van der Waals surface area contributed by atoms with Crippen LogP contribution in [0.3, 0.4) is 0 Å². The molecule has 13 heavy (non-hydrogen) atoms. The predicted molar refractivity (Wildman–Crippen MR) is 53.5 cm³/mol. The highest BCUT2D eigenvalue weighted by Crippen LogP contribution is 2.19. The monoisotopic (exact) mass is 247 g/mol. The third-order valence-corrected chi connectivity index (χ3v) is 3.75. The molecule has 2 fully saturated rings. The van der Waals surface area contributed by atoms with Crippen molar-refractivity contribution in [3.05, 3.63) is 0 Å². The van der Waals surface area contributed by atoms with E-state index < -0.39 is 0 Å². The van der Waals surface area contributed by atoms with Crippen LogP contribution in [0.5, 0.6) is 0 Å². The van der Waals surface area contributed by atoms with Crippen LogP contribution in [0.2, 0.25) is 0 Å². The molecule has 0 aromatic heterocycles. The molecule has 1 amide bonds. The SMILES string of the molecule is O=C1NNCC(N2CCCC2)C1Br. The van der Waals surface area contributed by atoms with Crippen molar-refractivity contribution in [3.8, 4) is 0 Å². The Morgan fingerprint density at radius 3 is 2.77 bits per heavy atom. The molecule has 0 radical (unpaired) electrons. The quantitative estimate of drug-likeness (QED) is 0.634. The number of alkyl halides is 1. The molecule has 2 rings (SSSR count). The van der Waals surface area contributed by atoms with Crippen LogP contribution in [0.1, 0.15) is 12.8 Å². The van der Waals surface area contributed by atoms with Gasteiger partial charge in [0.05, 0.1) is 0 Å². The molecule has 5 heteroatoms. The van der Waals surface area contributed by atoms with Crippen molar-refractivity contribution in [2.24, 2.45) is 0 Å². The van der Waals surface area contributed by atoms with E-state index in [9.17, 15) is 4.79 Å². The maximum atomic E-state index is 11.3. The van der Waals surface area contributed by atoms with Crippen LogP contribution in [0.4, 0.5) is 0 Å². The van der Waals surface area contributed by atoms with E-state index in [2.05, 4.69) is 31.7 Å². The zero-order chi connectivity index (χ0) is 9.26. The molecule has 4 nitrogen and oxygen atoms in total. The van der Waals surface area contributed by atoms with Gasteiger partial charge in [0.1, 0.15) is 4.83 Å². The highest BCUT2D eigenvalue weighted by molar-refractivity contribution is 9.10. The largest absolute Gasteiger partial charge is 0.297 e. The molecule has 2 aliphatic rings. The number of halogens is 1. The fourth-order valence-corrected chi connectivity index (χ4v) is 2.61. The van der Waals surface area contributed by atoms with E-state index in [1.54, 1.807) is 0 Å². The Labute approximate surface area is 86.1 Å². The number of rotatable bonds is 1. The normalized spacial score (nSPS) is 36.2. The molecule has 2 N–H and O–H groups in total. The summed E-state index contributed by atoms with van der Waals surface area (Å²) in [6.07, 6.45) is 2.52. The second-order valence-corrected chi connectivity index (χ2v) is 4.57. The average Bonchev–Trinajstić information content (AvgIpc) is 2.62. The molecule has 2 saturated heterocycles. The first-order chi connectivity index (χ1) is 6.29. The number of carbonyl (C=O) groups is 1. The number of amides is 1. The lowest BCUT2D eigenvalue weighted by molar-refractivity contribution is -0.124. The average molecular weight is 248 g/mol. The molecule has 2 unspecified atom stereocenters. The van der Waals surface area contributed by atoms with Crippen molar-refractivity contribution in [1.29, 1.82) is 0 Å². The lowest BCUT2D eigenvalue weighted by Gasteiger charge is -2.34. The predicted octanol–water partition coefficient (Wildman–Crippen LogP) is -0.151. The van der Waals surface area contributed by atoms with Crippen molar-refractivity contribution in [1.82, 2.24) is 15.8 Å². The van der Waals surface area contributed by atoms with Gasteiger partial charge in [0.25, 0.3) is 0 Å². The number of hydrogen-bond acceptors (Lipinski definition) is 3. The van der Waals surface area contributed by atoms with E-state index in [0.717, 1.165) is 19.6 Å². The van der Waals surface area contributed by atoms with Crippen molar-refractivity contribution >= 4 is 21.8 Å². The van der Waals surface area contributed by atoms with E-state index in [-0.39, 0.29) is 10.7 Å². The van der Waals surface area contributed by atoms with Gasteiger partial charge in [-0.25, -0.2) is 5.43 Å². The summed E-state index contributed by atoms with van der Waals surface area (Å²) in [5.41, 5.74) is 5.54. The van der Waals surface area contributed by atoms with Gasteiger partial charge in [-0.1, -0.05) is 15.9 Å². The number of hydrogen-bond donors (Lipinski definition) is 2. The highest BCUT2D eigenvalue weighted by atomic mass is 79.9. The Morgan fingerprint density at radius 2 is 2.08 bits per heavy atom. The Hall–Kier alpha value is -0.130. The highest BCUT2D eigenvalue weighted by Gasteiger charge is 2.34. The number of carbonyl (C=O) groups excluding carboxylic acids is 1. The molecule has 0 aliphatic carbocycles. The molecule has 74 valence electrons. The van der Waals surface area contributed by atoms with Gasteiger partial charge in [0, 0.05) is 12.6 Å². The minimum absolute atomic E-state index is 0.0446. The molecule has 0 aromatic rings. The summed E-state index contributed by atoms with van der Waals surface area (Å²) < 4.78 is 0. The fraction of sp³-hybridized carbons (Fsp3) is 0.875. The molecule has 2 atom stereocenters. The second kappa shape index (κ2) is 3.94. The summed E-state index contributed by atoms with van der Waals surface area (Å²) >= 11 is 3.44. The minimum Gasteiger partial charge on any atom is -0.297 e. The maximum absolute atomic E-state index is 11.3. The minimum atomic E-state index is -0.0631. The van der Waals surface area contributed by atoms with Gasteiger partial charge >= 0.3 is 0 Å². The first kappa shape index (κ1) is 9.43. The Bertz CT molecular complexity index is 206. The Morgan fingerprint density at radius 1 is 1.38 bits per heavy atom. The van der Waals surface area contributed by atoms with Crippen LogP contribution in [0, 0.1) is 0 Å². The summed E-state index contributed by atoms with van der Waals surface area (Å²) in [5.74, 6) is 0.0446. The summed E-state index contributed by atoms with van der Waals surface area (Å²) in [6.45, 7) is 3.09. The van der Waals surface area contributed by atoms with Gasteiger partial charge in [0.15, 0.2) is 0 Å². The molecule has 2 aliphatic heterocycles.